The first-order valence-electron chi connectivity index (χ1n) is 10.9. The number of piperazine rings is 1. The summed E-state index contributed by atoms with van der Waals surface area (Å²) in [6, 6.07) is 5.26. The lowest BCUT2D eigenvalue weighted by molar-refractivity contribution is -0.392. The van der Waals surface area contributed by atoms with E-state index in [0.29, 0.717) is 55.6 Å². The maximum absolute atomic E-state index is 12.9. The summed E-state index contributed by atoms with van der Waals surface area (Å²) in [5.41, 5.74) is 1.40. The van der Waals surface area contributed by atoms with Crippen LogP contribution >= 0.6 is 0 Å². The van der Waals surface area contributed by atoms with Gasteiger partial charge in [-0.25, -0.2) is 14.2 Å². The van der Waals surface area contributed by atoms with Gasteiger partial charge in [-0.1, -0.05) is 5.21 Å². The van der Waals surface area contributed by atoms with E-state index < -0.39 is 4.92 Å². The molecule has 34 heavy (non-hydrogen) atoms. The van der Waals surface area contributed by atoms with Gasteiger partial charge in [-0.15, -0.1) is 5.10 Å². The number of benzene rings is 1. The number of ether oxygens (including phenoxy) is 2. The second-order valence-corrected chi connectivity index (χ2v) is 8.18. The molecule has 0 bridgehead atoms. The predicted molar refractivity (Wildman–Crippen MR) is 117 cm³/mol. The minimum Gasteiger partial charge on any atom is -0.454 e. The number of amides is 1. The zero-order chi connectivity index (χ0) is 23.7. The third-order valence-electron chi connectivity index (χ3n) is 6.02. The van der Waals surface area contributed by atoms with Crippen LogP contribution in [0.4, 0.5) is 5.82 Å². The van der Waals surface area contributed by atoms with Gasteiger partial charge in [0.25, 0.3) is 5.91 Å². The van der Waals surface area contributed by atoms with Crippen LogP contribution < -0.4 is 9.47 Å². The molecule has 0 spiro atoms. The fourth-order valence-electron chi connectivity index (χ4n) is 4.15. The van der Waals surface area contributed by atoms with Crippen molar-refractivity contribution in [1.29, 1.82) is 0 Å². The molecule has 13 heteroatoms. The Hall–Kier alpha value is -4.00. The van der Waals surface area contributed by atoms with Gasteiger partial charge in [-0.05, 0) is 23.1 Å². The largest absolute Gasteiger partial charge is 0.454 e. The van der Waals surface area contributed by atoms with Crippen molar-refractivity contribution in [3.63, 3.8) is 0 Å². The van der Waals surface area contributed by atoms with Crippen LogP contribution in [0.2, 0.25) is 0 Å². The Morgan fingerprint density at radius 2 is 1.94 bits per heavy atom. The van der Waals surface area contributed by atoms with Crippen LogP contribution in [0.5, 0.6) is 11.5 Å². The van der Waals surface area contributed by atoms with Gasteiger partial charge in [-0.3, -0.25) is 9.69 Å². The van der Waals surface area contributed by atoms with Crippen LogP contribution in [0, 0.1) is 17.0 Å². The molecular formula is C21H24N8O5. The Balaban J connectivity index is 1.12. The molecule has 2 aliphatic rings. The summed E-state index contributed by atoms with van der Waals surface area (Å²) < 4.78 is 13.9. The Labute approximate surface area is 194 Å². The minimum atomic E-state index is -0.441. The van der Waals surface area contributed by atoms with E-state index in [4.69, 9.17) is 9.47 Å². The lowest BCUT2D eigenvalue weighted by Gasteiger charge is -2.34. The molecule has 0 atom stereocenters. The number of nitro groups is 1. The topological polar surface area (TPSA) is 134 Å². The predicted octanol–water partition coefficient (Wildman–Crippen LogP) is 1.08. The standard InChI is InChI=1S/C21H24N8O5/c1-15-22-11-20(29(31)32)28(15)9-8-27-13-17(23-24-27)12-25-4-6-26(7-5-25)21(30)16-2-3-18-19(10-16)34-14-33-18/h2-3,10-11,13H,4-9,12,14H2,1H3. The molecule has 0 unspecified atom stereocenters. The summed E-state index contributed by atoms with van der Waals surface area (Å²) in [6.45, 7) is 6.05. The van der Waals surface area contributed by atoms with Crippen molar-refractivity contribution in [2.24, 2.45) is 0 Å². The maximum atomic E-state index is 12.9. The normalized spacial score (nSPS) is 15.6. The lowest BCUT2D eigenvalue weighted by Crippen LogP contribution is -2.48. The van der Waals surface area contributed by atoms with Crippen molar-refractivity contribution >= 4 is 11.7 Å². The Bertz CT molecular complexity index is 1210. The molecule has 0 saturated carbocycles. The van der Waals surface area contributed by atoms with Gasteiger partial charge in [0.2, 0.25) is 6.79 Å². The zero-order valence-corrected chi connectivity index (χ0v) is 18.7. The van der Waals surface area contributed by atoms with Gasteiger partial charge in [0.05, 0.1) is 12.2 Å². The molecule has 0 N–H and O–H groups in total. The number of fused-ring (bicyclic) bond motifs is 1. The first-order chi connectivity index (χ1) is 16.5. The van der Waals surface area contributed by atoms with Crippen LogP contribution in [0.3, 0.4) is 0 Å². The molecular weight excluding hydrogens is 444 g/mol. The van der Waals surface area contributed by atoms with Gasteiger partial charge >= 0.3 is 5.82 Å². The van der Waals surface area contributed by atoms with Gasteiger partial charge in [0.1, 0.15) is 12.7 Å². The number of rotatable bonds is 7. The number of nitrogens with zero attached hydrogens (tertiary/aromatic N) is 8. The number of aryl methyl sites for hydroxylation is 2. The fraction of sp³-hybridized carbons (Fsp3) is 0.429. The van der Waals surface area contributed by atoms with Crippen molar-refractivity contribution in [1.82, 2.24) is 34.3 Å². The fourth-order valence-corrected chi connectivity index (χ4v) is 4.15. The molecule has 1 aromatic carbocycles. The number of aromatic nitrogens is 5. The number of carbonyl (C=O) groups excluding carboxylic acids is 1. The molecule has 2 aliphatic heterocycles. The van der Waals surface area contributed by atoms with Crippen LogP contribution in [-0.4, -0.2) is 78.1 Å². The molecule has 5 rings (SSSR count). The molecule has 4 heterocycles. The Morgan fingerprint density at radius 1 is 1.15 bits per heavy atom. The van der Waals surface area contributed by atoms with Crippen LogP contribution in [0.15, 0.2) is 30.6 Å². The monoisotopic (exact) mass is 468 g/mol. The third kappa shape index (κ3) is 4.41. The van der Waals surface area contributed by atoms with Crippen molar-refractivity contribution in [3.05, 3.63) is 57.8 Å². The number of hydrogen-bond donors (Lipinski definition) is 0. The molecule has 178 valence electrons. The first kappa shape index (κ1) is 21.8. The van der Waals surface area contributed by atoms with Crippen molar-refractivity contribution in [2.75, 3.05) is 33.0 Å². The smallest absolute Gasteiger partial charge is 0.342 e. The van der Waals surface area contributed by atoms with Gasteiger partial charge < -0.3 is 24.5 Å². The maximum Gasteiger partial charge on any atom is 0.342 e. The Morgan fingerprint density at radius 3 is 2.74 bits per heavy atom. The van der Waals surface area contributed by atoms with E-state index in [1.165, 1.54) is 6.20 Å². The summed E-state index contributed by atoms with van der Waals surface area (Å²) in [6.07, 6.45) is 3.11. The second-order valence-electron chi connectivity index (χ2n) is 8.18. The van der Waals surface area contributed by atoms with Gasteiger partial charge in [0.15, 0.2) is 17.3 Å². The Kier molecular flexibility index (Phi) is 5.84. The molecule has 0 radical (unpaired) electrons. The molecule has 2 aromatic heterocycles. The second kappa shape index (κ2) is 9.09. The van der Waals surface area contributed by atoms with E-state index in [1.54, 1.807) is 34.4 Å². The highest BCUT2D eigenvalue weighted by Crippen LogP contribution is 2.32. The van der Waals surface area contributed by atoms with Crippen molar-refractivity contribution in [2.45, 2.75) is 26.6 Å². The quantitative estimate of drug-likeness (QED) is 0.369. The highest BCUT2D eigenvalue weighted by atomic mass is 16.7. The third-order valence-corrected chi connectivity index (χ3v) is 6.02. The van der Waals surface area contributed by atoms with Crippen LogP contribution in [0.25, 0.3) is 0 Å². The zero-order valence-electron chi connectivity index (χ0n) is 18.7. The summed E-state index contributed by atoms with van der Waals surface area (Å²) in [5.74, 6) is 1.79. The highest BCUT2D eigenvalue weighted by molar-refractivity contribution is 5.95. The van der Waals surface area contributed by atoms with Crippen LogP contribution in [-0.2, 0) is 19.6 Å². The average molecular weight is 468 g/mol. The summed E-state index contributed by atoms with van der Waals surface area (Å²) in [4.78, 5) is 31.6. The van der Waals surface area contributed by atoms with Crippen molar-refractivity contribution < 1.29 is 19.2 Å². The van der Waals surface area contributed by atoms with E-state index >= 15 is 0 Å². The lowest BCUT2D eigenvalue weighted by atomic mass is 10.1. The van der Waals surface area contributed by atoms with Crippen molar-refractivity contribution in [3.8, 4) is 11.5 Å². The van der Waals surface area contributed by atoms with E-state index in [1.807, 2.05) is 11.1 Å². The summed E-state index contributed by atoms with van der Waals surface area (Å²) >= 11 is 0. The van der Waals surface area contributed by atoms with E-state index in [0.717, 1.165) is 18.8 Å². The highest BCUT2D eigenvalue weighted by Gasteiger charge is 2.25. The minimum absolute atomic E-state index is 0.0206. The van der Waals surface area contributed by atoms with E-state index in [2.05, 4.69) is 20.2 Å². The van der Waals surface area contributed by atoms with Gasteiger partial charge in [0, 0.05) is 51.4 Å². The molecule has 1 saturated heterocycles. The molecule has 1 fully saturated rings. The molecule has 13 nitrogen and oxygen atoms in total. The van der Waals surface area contributed by atoms with E-state index in [-0.39, 0.29) is 18.5 Å². The molecule has 0 aliphatic carbocycles. The van der Waals surface area contributed by atoms with Gasteiger partial charge in [-0.2, -0.15) is 0 Å². The number of hydrogen-bond acceptors (Lipinski definition) is 9. The SMILES string of the molecule is Cc1ncc([N+](=O)[O-])n1CCn1cc(CN2CCN(C(=O)c3ccc4c(c3)OCO4)CC2)nn1. The number of carbonyl (C=O) groups is 1. The van der Waals surface area contributed by atoms with E-state index in [9.17, 15) is 14.9 Å². The average Bonchev–Trinajstić information content (AvgIpc) is 3.57. The molecule has 3 aromatic rings. The summed E-state index contributed by atoms with van der Waals surface area (Å²) in [5, 5.41) is 19.5. The molecule has 1 amide bonds. The van der Waals surface area contributed by atoms with Crippen LogP contribution in [0.1, 0.15) is 21.9 Å². The first-order valence-corrected chi connectivity index (χ1v) is 10.9. The summed E-state index contributed by atoms with van der Waals surface area (Å²) in [7, 11) is 0. The number of imidazole rings is 1.